The van der Waals surface area contributed by atoms with E-state index >= 15 is 0 Å². The van der Waals surface area contributed by atoms with Gasteiger partial charge in [0.2, 0.25) is 0 Å². The Morgan fingerprint density at radius 2 is 2.24 bits per heavy atom. The first-order chi connectivity index (χ1) is 7.94. The van der Waals surface area contributed by atoms with Crippen molar-refractivity contribution in [1.82, 2.24) is 0 Å². The quantitative estimate of drug-likeness (QED) is 0.391. The van der Waals surface area contributed by atoms with Gasteiger partial charge in [-0.05, 0) is 6.07 Å². The van der Waals surface area contributed by atoms with Crippen molar-refractivity contribution in [2.75, 3.05) is 12.0 Å². The van der Waals surface area contributed by atoms with Gasteiger partial charge in [-0.3, -0.25) is 10.1 Å². The minimum atomic E-state index is -2.19. The Bertz CT molecular complexity index is 394. The molecular formula is C10H14N2O5. The topological polar surface area (TPSA) is 105 Å². The lowest BCUT2D eigenvalue weighted by molar-refractivity contribution is -0.384. The molecule has 0 saturated heterocycles. The molecule has 0 amide bonds. The zero-order chi connectivity index (χ0) is 12.9. The van der Waals surface area contributed by atoms with Crippen LogP contribution in [-0.2, 0) is 4.74 Å². The van der Waals surface area contributed by atoms with Gasteiger partial charge < -0.3 is 20.3 Å². The molecule has 0 unspecified atom stereocenters. The van der Waals surface area contributed by atoms with Gasteiger partial charge in [0.1, 0.15) is 6.73 Å². The third-order valence-electron chi connectivity index (χ3n) is 2.10. The normalized spacial score (nSPS) is 11.2. The van der Waals surface area contributed by atoms with E-state index in [1.54, 1.807) is 13.0 Å². The van der Waals surface area contributed by atoms with E-state index < -0.39 is 10.9 Å². The smallest absolute Gasteiger partial charge is 0.279 e. The first kappa shape index (κ1) is 13.4. The van der Waals surface area contributed by atoms with Crippen LogP contribution in [0.15, 0.2) is 24.3 Å². The van der Waals surface area contributed by atoms with Crippen LogP contribution in [0, 0.1) is 10.1 Å². The highest BCUT2D eigenvalue weighted by Crippen LogP contribution is 2.17. The summed E-state index contributed by atoms with van der Waals surface area (Å²) in [5.41, 5.74) is 0.413. The molecule has 0 bridgehead atoms. The molecule has 0 heterocycles. The van der Waals surface area contributed by atoms with Crippen LogP contribution in [0.3, 0.4) is 0 Å². The number of anilines is 1. The number of benzene rings is 1. The fourth-order valence-corrected chi connectivity index (χ4v) is 1.07. The van der Waals surface area contributed by atoms with Gasteiger partial charge in [0.25, 0.3) is 11.7 Å². The standard InChI is InChI=1S/C10H14N2O5/c1-2-10(13,14)17-7-11-8-4-3-5-9(6-8)12(15)16/h3-6,11,13-14H,2,7H2,1H3. The maximum atomic E-state index is 10.5. The number of nitro groups is 1. The van der Waals surface area contributed by atoms with E-state index in [1.807, 2.05) is 0 Å². The molecule has 17 heavy (non-hydrogen) atoms. The van der Waals surface area contributed by atoms with Crippen LogP contribution < -0.4 is 5.32 Å². The van der Waals surface area contributed by atoms with E-state index in [-0.39, 0.29) is 18.8 Å². The molecule has 7 nitrogen and oxygen atoms in total. The second-order valence-electron chi connectivity index (χ2n) is 3.37. The molecule has 0 aliphatic rings. The van der Waals surface area contributed by atoms with Gasteiger partial charge in [-0.15, -0.1) is 0 Å². The summed E-state index contributed by atoms with van der Waals surface area (Å²) in [6, 6.07) is 5.82. The number of nitrogens with one attached hydrogen (secondary N) is 1. The van der Waals surface area contributed by atoms with Crippen LogP contribution in [0.4, 0.5) is 11.4 Å². The molecule has 0 radical (unpaired) electrons. The summed E-state index contributed by atoms with van der Waals surface area (Å²) in [6.45, 7) is 1.38. The Kier molecular flexibility index (Phi) is 4.38. The highest BCUT2D eigenvalue weighted by atomic mass is 16.8. The number of nitrogens with zero attached hydrogens (tertiary/aromatic N) is 1. The SMILES string of the molecule is CCC(O)(O)OCNc1cccc([N+](=O)[O-])c1. The number of hydrogen-bond acceptors (Lipinski definition) is 6. The third kappa shape index (κ3) is 4.35. The average molecular weight is 242 g/mol. The van der Waals surface area contributed by atoms with Gasteiger partial charge in [0, 0.05) is 24.2 Å². The number of rotatable bonds is 6. The number of nitro benzene ring substituents is 1. The van der Waals surface area contributed by atoms with Crippen LogP contribution in [0.2, 0.25) is 0 Å². The molecular weight excluding hydrogens is 228 g/mol. The minimum Gasteiger partial charge on any atom is -0.362 e. The number of non-ortho nitro benzene ring substituents is 1. The van der Waals surface area contributed by atoms with Crippen molar-refractivity contribution >= 4 is 11.4 Å². The maximum absolute atomic E-state index is 10.5. The van der Waals surface area contributed by atoms with E-state index in [2.05, 4.69) is 5.32 Å². The second-order valence-corrected chi connectivity index (χ2v) is 3.37. The monoisotopic (exact) mass is 242 g/mol. The predicted octanol–water partition coefficient (Wildman–Crippen LogP) is 1.03. The van der Waals surface area contributed by atoms with Crippen molar-refractivity contribution < 1.29 is 19.9 Å². The lowest BCUT2D eigenvalue weighted by Gasteiger charge is -2.20. The molecule has 3 N–H and O–H groups in total. The Balaban J connectivity index is 2.52. The molecule has 0 saturated carbocycles. The second kappa shape index (κ2) is 5.58. The van der Waals surface area contributed by atoms with Gasteiger partial charge in [0.15, 0.2) is 0 Å². The van der Waals surface area contributed by atoms with Crippen molar-refractivity contribution in [2.45, 2.75) is 19.3 Å². The van der Waals surface area contributed by atoms with E-state index in [1.165, 1.54) is 18.2 Å². The summed E-state index contributed by atoms with van der Waals surface area (Å²) in [6.07, 6.45) is 0.0175. The van der Waals surface area contributed by atoms with E-state index in [9.17, 15) is 10.1 Å². The molecule has 7 heteroatoms. The summed E-state index contributed by atoms with van der Waals surface area (Å²) in [5, 5.41) is 31.4. The molecule has 0 spiro atoms. The molecule has 0 aromatic heterocycles. The molecule has 1 aromatic rings. The lowest BCUT2D eigenvalue weighted by Crippen LogP contribution is -2.32. The average Bonchev–Trinajstić information content (AvgIpc) is 2.29. The van der Waals surface area contributed by atoms with Crippen molar-refractivity contribution in [3.8, 4) is 0 Å². The van der Waals surface area contributed by atoms with E-state index in [0.717, 1.165) is 0 Å². The molecule has 0 fully saturated rings. The highest BCUT2D eigenvalue weighted by molar-refractivity contribution is 5.50. The minimum absolute atomic E-state index is 0.0175. The maximum Gasteiger partial charge on any atom is 0.279 e. The Labute approximate surface area is 97.8 Å². The number of ether oxygens (including phenoxy) is 1. The van der Waals surface area contributed by atoms with Crippen LogP contribution in [-0.4, -0.2) is 27.8 Å². The first-order valence-electron chi connectivity index (χ1n) is 5.01. The third-order valence-corrected chi connectivity index (χ3v) is 2.10. The molecule has 1 rings (SSSR count). The molecule has 94 valence electrons. The molecule has 1 aromatic carbocycles. The van der Waals surface area contributed by atoms with Gasteiger partial charge in [0.05, 0.1) is 4.92 Å². The Morgan fingerprint density at radius 1 is 1.53 bits per heavy atom. The Hall–Kier alpha value is -1.70. The number of aliphatic hydroxyl groups is 2. The highest BCUT2D eigenvalue weighted by Gasteiger charge is 2.20. The van der Waals surface area contributed by atoms with Crippen LogP contribution in [0.1, 0.15) is 13.3 Å². The van der Waals surface area contributed by atoms with Crippen molar-refractivity contribution in [1.29, 1.82) is 0 Å². The van der Waals surface area contributed by atoms with Crippen LogP contribution in [0.25, 0.3) is 0 Å². The van der Waals surface area contributed by atoms with Crippen molar-refractivity contribution in [3.63, 3.8) is 0 Å². The van der Waals surface area contributed by atoms with Gasteiger partial charge in [-0.25, -0.2) is 0 Å². The summed E-state index contributed by atoms with van der Waals surface area (Å²) in [4.78, 5) is 9.99. The summed E-state index contributed by atoms with van der Waals surface area (Å²) in [7, 11) is 0. The van der Waals surface area contributed by atoms with Gasteiger partial charge in [-0.2, -0.15) is 0 Å². The molecule has 0 aliphatic heterocycles. The summed E-state index contributed by atoms with van der Waals surface area (Å²) < 4.78 is 4.71. The summed E-state index contributed by atoms with van der Waals surface area (Å²) in [5.74, 6) is -2.19. The fourth-order valence-electron chi connectivity index (χ4n) is 1.07. The van der Waals surface area contributed by atoms with Gasteiger partial charge >= 0.3 is 0 Å². The van der Waals surface area contributed by atoms with Crippen molar-refractivity contribution in [3.05, 3.63) is 34.4 Å². The lowest BCUT2D eigenvalue weighted by atomic mass is 10.3. The molecule has 0 aliphatic carbocycles. The zero-order valence-electron chi connectivity index (χ0n) is 9.29. The van der Waals surface area contributed by atoms with Crippen LogP contribution in [0.5, 0.6) is 0 Å². The number of hydrogen-bond donors (Lipinski definition) is 3. The Morgan fingerprint density at radius 3 is 2.82 bits per heavy atom. The van der Waals surface area contributed by atoms with E-state index in [0.29, 0.717) is 5.69 Å². The predicted molar refractivity (Wildman–Crippen MR) is 60.1 cm³/mol. The van der Waals surface area contributed by atoms with E-state index in [4.69, 9.17) is 14.9 Å². The van der Waals surface area contributed by atoms with Crippen LogP contribution >= 0.6 is 0 Å². The van der Waals surface area contributed by atoms with Crippen molar-refractivity contribution in [2.24, 2.45) is 0 Å². The largest absolute Gasteiger partial charge is 0.362 e. The fraction of sp³-hybridized carbons (Fsp3) is 0.400. The molecule has 0 atom stereocenters. The first-order valence-corrected chi connectivity index (χ1v) is 5.01. The van der Waals surface area contributed by atoms with Gasteiger partial charge in [-0.1, -0.05) is 13.0 Å². The summed E-state index contributed by atoms with van der Waals surface area (Å²) >= 11 is 0. The zero-order valence-corrected chi connectivity index (χ0v) is 9.29.